The van der Waals surface area contributed by atoms with Crippen molar-refractivity contribution < 1.29 is 45.4 Å². The number of alkyl halides is 6. The lowest BCUT2D eigenvalue weighted by atomic mass is 10.1. The molecule has 6 rings (SSSR count). The molecule has 54 heavy (non-hydrogen) atoms. The number of ether oxygens (including phenoxy) is 2. The van der Waals surface area contributed by atoms with Gasteiger partial charge in [0.05, 0.1) is 23.0 Å². The molecule has 1 aliphatic heterocycles. The van der Waals surface area contributed by atoms with Gasteiger partial charge in [0.1, 0.15) is 17.2 Å². The summed E-state index contributed by atoms with van der Waals surface area (Å²) in [6.45, 7) is 5.10. The lowest BCUT2D eigenvalue weighted by Gasteiger charge is -2.34. The maximum absolute atomic E-state index is 13.6. The molecule has 0 aliphatic carbocycles. The number of aromatic nitrogens is 2. The average Bonchev–Trinajstić information content (AvgIpc) is 3.46. The first-order chi connectivity index (χ1) is 25.6. The Bertz CT molecular complexity index is 2090. The van der Waals surface area contributed by atoms with Crippen molar-refractivity contribution in [3.63, 3.8) is 0 Å². The molecule has 1 saturated heterocycles. The lowest BCUT2D eigenvalue weighted by Crippen LogP contribution is -2.48. The molecule has 15 heteroatoms. The summed E-state index contributed by atoms with van der Waals surface area (Å²) in [5.41, 5.74) is 1.91. The molecule has 2 amide bonds. The molecule has 0 spiro atoms. The number of carbonyl (C=O) groups is 2. The number of anilines is 1. The number of piperazine rings is 1. The van der Waals surface area contributed by atoms with E-state index in [2.05, 4.69) is 9.88 Å². The van der Waals surface area contributed by atoms with Crippen LogP contribution in [0.25, 0.3) is 10.9 Å². The summed E-state index contributed by atoms with van der Waals surface area (Å²) in [6.07, 6.45) is -7.45. The van der Waals surface area contributed by atoms with Crippen molar-refractivity contribution in [1.82, 2.24) is 19.4 Å². The van der Waals surface area contributed by atoms with E-state index in [0.29, 0.717) is 49.9 Å². The number of benzene rings is 3. The van der Waals surface area contributed by atoms with Crippen LogP contribution in [0.3, 0.4) is 0 Å². The second-order valence-electron chi connectivity index (χ2n) is 13.2. The Hall–Kier alpha value is -5.57. The van der Waals surface area contributed by atoms with E-state index in [9.17, 15) is 35.9 Å². The minimum atomic E-state index is -4.51. The van der Waals surface area contributed by atoms with Gasteiger partial charge in [0.25, 0.3) is 11.8 Å². The summed E-state index contributed by atoms with van der Waals surface area (Å²) >= 11 is 0. The number of rotatable bonds is 10. The van der Waals surface area contributed by atoms with Crippen LogP contribution in [0.15, 0.2) is 91.1 Å². The first-order valence-electron chi connectivity index (χ1n) is 17.1. The molecule has 1 fully saturated rings. The zero-order valence-electron chi connectivity index (χ0n) is 29.6. The minimum absolute atomic E-state index is 0.108. The van der Waals surface area contributed by atoms with Gasteiger partial charge in [-0.2, -0.15) is 26.3 Å². The summed E-state index contributed by atoms with van der Waals surface area (Å²) in [4.78, 5) is 36.7. The van der Waals surface area contributed by atoms with E-state index in [1.807, 2.05) is 16.7 Å². The number of nitrogens with zero attached hydrogens (tertiary/aromatic N) is 5. The zero-order chi connectivity index (χ0) is 38.8. The van der Waals surface area contributed by atoms with Crippen molar-refractivity contribution >= 4 is 28.4 Å². The number of carbonyl (C=O) groups excluding carboxylic acids is 2. The third kappa shape index (κ3) is 8.96. The molecule has 0 unspecified atom stereocenters. The fourth-order valence-corrected chi connectivity index (χ4v) is 6.25. The maximum atomic E-state index is 13.6. The maximum Gasteiger partial charge on any atom is 0.422 e. The Balaban J connectivity index is 1.06. The first kappa shape index (κ1) is 38.2. The molecular weight excluding hydrogens is 716 g/mol. The fraction of sp³-hybridized carbons (Fsp3) is 0.308. The van der Waals surface area contributed by atoms with E-state index in [-0.39, 0.29) is 29.1 Å². The van der Waals surface area contributed by atoms with E-state index < -0.39 is 30.4 Å². The minimum Gasteiger partial charge on any atom is -0.484 e. The van der Waals surface area contributed by atoms with Gasteiger partial charge in [0, 0.05) is 68.9 Å². The molecule has 0 N–H and O–H groups in total. The first-order valence-corrected chi connectivity index (χ1v) is 17.1. The number of aryl methyl sites for hydroxylation is 1. The highest BCUT2D eigenvalue weighted by Gasteiger charge is 2.31. The molecule has 0 bridgehead atoms. The van der Waals surface area contributed by atoms with Gasteiger partial charge in [-0.15, -0.1) is 0 Å². The number of hydrogen-bond acceptors (Lipinski definition) is 6. The molecular formula is C39H37F6N5O4. The summed E-state index contributed by atoms with van der Waals surface area (Å²) in [6, 6.07) is 20.7. The van der Waals surface area contributed by atoms with E-state index in [1.54, 1.807) is 62.2 Å². The molecule has 0 radical (unpaired) electrons. The van der Waals surface area contributed by atoms with Crippen LogP contribution in [0.1, 0.15) is 45.8 Å². The van der Waals surface area contributed by atoms with Crippen LogP contribution in [0, 0.1) is 0 Å². The van der Waals surface area contributed by atoms with Gasteiger partial charge in [-0.05, 0) is 80.1 Å². The van der Waals surface area contributed by atoms with Crippen LogP contribution < -0.4 is 14.4 Å². The molecule has 2 aromatic heterocycles. The van der Waals surface area contributed by atoms with Gasteiger partial charge < -0.3 is 23.8 Å². The summed E-state index contributed by atoms with van der Waals surface area (Å²) in [7, 11) is 1.80. The lowest BCUT2D eigenvalue weighted by molar-refractivity contribution is -0.153. The van der Waals surface area contributed by atoms with Crippen molar-refractivity contribution in [2.75, 3.05) is 37.7 Å². The highest BCUT2D eigenvalue weighted by molar-refractivity contribution is 6.06. The van der Waals surface area contributed by atoms with Gasteiger partial charge in [-0.1, -0.05) is 12.1 Å². The molecule has 3 aromatic carbocycles. The SMILES string of the molecule is CC(C)N(C(=O)c1ccc(C(F)(F)F)cc1)c1ccc(Oc2ccc3cc(C(=O)N4CCN(Cc5ccc(OCC(F)(F)F)cc5)CC4)n(C)c3c2)nc1. The molecule has 0 atom stereocenters. The van der Waals surface area contributed by atoms with Crippen LogP contribution >= 0.6 is 0 Å². The normalized spacial score (nSPS) is 14.1. The summed E-state index contributed by atoms with van der Waals surface area (Å²) in [5.74, 6) is 0.286. The topological polar surface area (TPSA) is 80.1 Å². The zero-order valence-corrected chi connectivity index (χ0v) is 29.6. The van der Waals surface area contributed by atoms with Crippen LogP contribution in [-0.2, 0) is 19.8 Å². The number of hydrogen-bond donors (Lipinski definition) is 0. The molecule has 9 nitrogen and oxygen atoms in total. The molecule has 0 saturated carbocycles. The number of pyridine rings is 1. The van der Waals surface area contributed by atoms with E-state index >= 15 is 0 Å². The van der Waals surface area contributed by atoms with Crippen LogP contribution in [0.5, 0.6) is 17.4 Å². The van der Waals surface area contributed by atoms with Crippen LogP contribution in [-0.4, -0.2) is 76.2 Å². The monoisotopic (exact) mass is 753 g/mol. The molecule has 3 heterocycles. The van der Waals surface area contributed by atoms with E-state index in [1.165, 1.54) is 23.2 Å². The third-order valence-corrected chi connectivity index (χ3v) is 9.04. The number of fused-ring (bicyclic) bond motifs is 1. The summed E-state index contributed by atoms with van der Waals surface area (Å²) < 4.78 is 88.9. The summed E-state index contributed by atoms with van der Waals surface area (Å²) in [5, 5.41) is 0.840. The van der Waals surface area contributed by atoms with Crippen LogP contribution in [0.2, 0.25) is 0 Å². The van der Waals surface area contributed by atoms with Crippen molar-refractivity contribution in [3.8, 4) is 17.4 Å². The van der Waals surface area contributed by atoms with Crippen molar-refractivity contribution in [2.45, 2.75) is 38.8 Å². The Labute approximate surface area is 307 Å². The quantitative estimate of drug-likeness (QED) is 0.134. The van der Waals surface area contributed by atoms with Gasteiger partial charge in [-0.3, -0.25) is 14.5 Å². The van der Waals surface area contributed by atoms with Gasteiger partial charge >= 0.3 is 12.4 Å². The third-order valence-electron chi connectivity index (χ3n) is 9.04. The fourth-order valence-electron chi connectivity index (χ4n) is 6.25. The number of amides is 2. The van der Waals surface area contributed by atoms with E-state index in [4.69, 9.17) is 9.47 Å². The molecule has 1 aliphatic rings. The smallest absolute Gasteiger partial charge is 0.422 e. The van der Waals surface area contributed by atoms with E-state index in [0.717, 1.165) is 40.7 Å². The van der Waals surface area contributed by atoms with Crippen LogP contribution in [0.4, 0.5) is 32.0 Å². The van der Waals surface area contributed by atoms with Gasteiger partial charge in [0.15, 0.2) is 6.61 Å². The second-order valence-corrected chi connectivity index (χ2v) is 13.2. The number of halogens is 6. The van der Waals surface area contributed by atoms with Gasteiger partial charge in [-0.25, -0.2) is 4.98 Å². The van der Waals surface area contributed by atoms with Gasteiger partial charge in [0.2, 0.25) is 5.88 Å². The standard InChI is InChI=1S/C39H37F6N5O4/c1-25(2)50(36(51)27-6-9-29(10-7-27)39(43,44)45)30-11-15-35(46-22-30)54-32-14-8-28-20-34(47(3)33(28)21-32)37(52)49-18-16-48(17-19-49)23-26-4-12-31(13-5-26)53-24-38(40,41)42/h4-15,20-22,25H,16-19,23-24H2,1-3H3. The second kappa shape index (κ2) is 15.4. The largest absolute Gasteiger partial charge is 0.484 e. The Morgan fingerprint density at radius 2 is 1.50 bits per heavy atom. The molecule has 5 aromatic rings. The van der Waals surface area contributed by atoms with Crippen molar-refractivity contribution in [1.29, 1.82) is 0 Å². The predicted octanol–water partition coefficient (Wildman–Crippen LogP) is 8.34. The Kier molecular flexibility index (Phi) is 10.9. The Morgan fingerprint density at radius 3 is 2.09 bits per heavy atom. The molecule has 284 valence electrons. The average molecular weight is 754 g/mol. The predicted molar refractivity (Wildman–Crippen MR) is 190 cm³/mol. The Morgan fingerprint density at radius 1 is 0.833 bits per heavy atom. The van der Waals surface area contributed by atoms with Crippen molar-refractivity contribution in [2.24, 2.45) is 7.05 Å². The highest BCUT2D eigenvalue weighted by Crippen LogP contribution is 2.31. The highest BCUT2D eigenvalue weighted by atomic mass is 19.4. The van der Waals surface area contributed by atoms with Crippen molar-refractivity contribution in [3.05, 3.63) is 114 Å².